The quantitative estimate of drug-likeness (QED) is 0.336. The molecule has 5 rings (SSSR count). The standard InChI is InChI=1S/C15H16N10O2/c1-4-7-5(2-18-10-8(20-7)12(26)23-14(16)21-10)6-3-19-11-9(25(4)6)13(27)24-15(17)22-11/h5-6H,2-3H2,1H3,(H3,16,18,21,23,26)(H4,17,19,22,24,27). The third-order valence-corrected chi connectivity index (χ3v) is 5.08. The van der Waals surface area contributed by atoms with E-state index >= 15 is 0 Å². The number of nitrogens with two attached hydrogens (primary N) is 2. The zero-order valence-electron chi connectivity index (χ0n) is 14.3. The number of nitrogens with one attached hydrogen (secondary N) is 3. The number of fused-ring (bicyclic) bond motifs is 6. The maximum atomic E-state index is 12.5. The second-order valence-corrected chi connectivity index (χ2v) is 6.62. The summed E-state index contributed by atoms with van der Waals surface area (Å²) in [7, 11) is 0. The molecular weight excluding hydrogens is 352 g/mol. The fourth-order valence-electron chi connectivity index (χ4n) is 3.96. The molecule has 0 amide bonds. The van der Waals surface area contributed by atoms with Crippen molar-refractivity contribution in [2.75, 3.05) is 34.8 Å². The van der Waals surface area contributed by atoms with Crippen molar-refractivity contribution in [2.24, 2.45) is 15.9 Å². The molecule has 7 N–H and O–H groups in total. The van der Waals surface area contributed by atoms with Crippen LogP contribution in [-0.4, -0.2) is 39.1 Å². The van der Waals surface area contributed by atoms with Crippen LogP contribution in [0.15, 0.2) is 31.0 Å². The van der Waals surface area contributed by atoms with Crippen LogP contribution in [0.25, 0.3) is 0 Å². The van der Waals surface area contributed by atoms with Crippen molar-refractivity contribution in [2.45, 2.75) is 13.0 Å². The Morgan fingerprint density at radius 1 is 1.11 bits per heavy atom. The predicted octanol–water partition coefficient (Wildman–Crippen LogP) is -2.57. The SMILES string of the molecule is CC1=C2N=c3c(nc(N)[nH]c3=O)=NCC2C2CNc3nc(N)[nH]c(=O)c3N12. The van der Waals surface area contributed by atoms with Gasteiger partial charge in [-0.3, -0.25) is 24.5 Å². The van der Waals surface area contributed by atoms with Gasteiger partial charge in [0.2, 0.25) is 11.9 Å². The highest BCUT2D eigenvalue weighted by molar-refractivity contribution is 5.73. The highest BCUT2D eigenvalue weighted by atomic mass is 16.1. The summed E-state index contributed by atoms with van der Waals surface area (Å²) in [5.41, 5.74) is 12.6. The Morgan fingerprint density at radius 2 is 1.85 bits per heavy atom. The third-order valence-electron chi connectivity index (χ3n) is 5.08. The molecule has 0 fully saturated rings. The molecule has 0 aromatic carbocycles. The second-order valence-electron chi connectivity index (χ2n) is 6.62. The molecule has 0 aliphatic carbocycles. The average Bonchev–Trinajstić information content (AvgIpc) is 2.75. The number of H-pyrrole nitrogens is 2. The Balaban J connectivity index is 1.76. The Bertz CT molecular complexity index is 1260. The molecule has 0 radical (unpaired) electrons. The summed E-state index contributed by atoms with van der Waals surface area (Å²) in [6, 6.07) is -0.0998. The van der Waals surface area contributed by atoms with Gasteiger partial charge in [-0.1, -0.05) is 0 Å². The molecule has 2 atom stereocenters. The highest BCUT2D eigenvalue weighted by Crippen LogP contribution is 2.42. The lowest BCUT2D eigenvalue weighted by Gasteiger charge is -2.35. The van der Waals surface area contributed by atoms with Crippen molar-refractivity contribution in [3.05, 3.63) is 42.9 Å². The van der Waals surface area contributed by atoms with E-state index in [9.17, 15) is 9.59 Å². The molecule has 0 saturated heterocycles. The largest absolute Gasteiger partial charge is 0.369 e. The number of nitrogen functional groups attached to an aromatic ring is 2. The molecule has 0 spiro atoms. The molecule has 0 bridgehead atoms. The van der Waals surface area contributed by atoms with Crippen LogP contribution in [0, 0.1) is 5.92 Å². The molecule has 2 aromatic heterocycles. The number of anilines is 4. The van der Waals surface area contributed by atoms with Crippen LogP contribution in [0.4, 0.5) is 23.4 Å². The molecule has 12 nitrogen and oxygen atoms in total. The van der Waals surface area contributed by atoms with E-state index in [1.165, 1.54) is 0 Å². The number of allylic oxidation sites excluding steroid dienone is 1. The number of rotatable bonds is 0. The van der Waals surface area contributed by atoms with Crippen LogP contribution in [-0.2, 0) is 0 Å². The van der Waals surface area contributed by atoms with Gasteiger partial charge in [-0.05, 0) is 6.92 Å². The smallest absolute Gasteiger partial charge is 0.280 e. The van der Waals surface area contributed by atoms with E-state index in [4.69, 9.17) is 11.5 Å². The van der Waals surface area contributed by atoms with Crippen LogP contribution >= 0.6 is 0 Å². The molecule has 138 valence electrons. The second kappa shape index (κ2) is 5.16. The minimum atomic E-state index is -0.446. The monoisotopic (exact) mass is 368 g/mol. The first-order valence-corrected chi connectivity index (χ1v) is 8.36. The van der Waals surface area contributed by atoms with Gasteiger partial charge < -0.3 is 21.7 Å². The Morgan fingerprint density at radius 3 is 2.67 bits per heavy atom. The molecule has 3 aliphatic rings. The van der Waals surface area contributed by atoms with Gasteiger partial charge in [-0.2, -0.15) is 9.97 Å². The Labute approximate surface area is 150 Å². The minimum Gasteiger partial charge on any atom is -0.369 e. The van der Waals surface area contributed by atoms with E-state index in [1.807, 2.05) is 11.8 Å². The molecule has 12 heteroatoms. The molecular formula is C15H16N10O2. The number of hydrogen-bond donors (Lipinski definition) is 5. The summed E-state index contributed by atoms with van der Waals surface area (Å²) in [5.74, 6) is 0.360. The minimum absolute atomic E-state index is 0.000505. The van der Waals surface area contributed by atoms with E-state index in [2.05, 4.69) is 35.2 Å². The van der Waals surface area contributed by atoms with Crippen molar-refractivity contribution in [3.8, 4) is 0 Å². The highest BCUT2D eigenvalue weighted by Gasteiger charge is 2.44. The molecule has 0 saturated carbocycles. The number of aromatic amines is 2. The molecule has 27 heavy (non-hydrogen) atoms. The molecule has 3 aliphatic heterocycles. The van der Waals surface area contributed by atoms with E-state index in [1.54, 1.807) is 0 Å². The summed E-state index contributed by atoms with van der Waals surface area (Å²) in [4.78, 5) is 49.0. The van der Waals surface area contributed by atoms with Gasteiger partial charge in [0.15, 0.2) is 22.4 Å². The van der Waals surface area contributed by atoms with Crippen molar-refractivity contribution < 1.29 is 0 Å². The lowest BCUT2D eigenvalue weighted by molar-refractivity contribution is 0.513. The summed E-state index contributed by atoms with van der Waals surface area (Å²) < 4.78 is 0. The Hall–Kier alpha value is -3.70. The number of aromatic nitrogens is 4. The van der Waals surface area contributed by atoms with E-state index in [0.717, 1.165) is 5.70 Å². The molecule has 5 heterocycles. The first-order valence-electron chi connectivity index (χ1n) is 8.36. The summed E-state index contributed by atoms with van der Waals surface area (Å²) >= 11 is 0. The zero-order valence-corrected chi connectivity index (χ0v) is 14.3. The van der Waals surface area contributed by atoms with Crippen LogP contribution in [0.5, 0.6) is 0 Å². The van der Waals surface area contributed by atoms with Crippen LogP contribution < -0.4 is 43.6 Å². The van der Waals surface area contributed by atoms with Gasteiger partial charge >= 0.3 is 0 Å². The Kier molecular flexibility index (Phi) is 2.97. The lowest BCUT2D eigenvalue weighted by Crippen LogP contribution is -2.47. The summed E-state index contributed by atoms with van der Waals surface area (Å²) in [5, 5.41) is 3.29. The predicted molar refractivity (Wildman–Crippen MR) is 96.7 cm³/mol. The van der Waals surface area contributed by atoms with Crippen LogP contribution in [0.3, 0.4) is 0 Å². The molecule has 2 aromatic rings. The summed E-state index contributed by atoms with van der Waals surface area (Å²) in [6.07, 6.45) is 0. The van der Waals surface area contributed by atoms with Gasteiger partial charge in [0, 0.05) is 18.2 Å². The first-order chi connectivity index (χ1) is 12.9. The average molecular weight is 368 g/mol. The van der Waals surface area contributed by atoms with Gasteiger partial charge in [-0.15, -0.1) is 0 Å². The first kappa shape index (κ1) is 15.5. The maximum absolute atomic E-state index is 12.5. The van der Waals surface area contributed by atoms with Crippen molar-refractivity contribution in [3.63, 3.8) is 0 Å². The van der Waals surface area contributed by atoms with Gasteiger partial charge in [0.05, 0.1) is 18.3 Å². The van der Waals surface area contributed by atoms with Gasteiger partial charge in [-0.25, -0.2) is 4.99 Å². The van der Waals surface area contributed by atoms with E-state index in [-0.39, 0.29) is 40.3 Å². The topological polar surface area (TPSA) is 184 Å². The van der Waals surface area contributed by atoms with Gasteiger partial charge in [0.1, 0.15) is 0 Å². The summed E-state index contributed by atoms with van der Waals surface area (Å²) in [6.45, 7) is 2.76. The van der Waals surface area contributed by atoms with Crippen LogP contribution in [0.1, 0.15) is 6.92 Å². The van der Waals surface area contributed by atoms with Crippen molar-refractivity contribution >= 4 is 23.4 Å². The van der Waals surface area contributed by atoms with Crippen LogP contribution in [0.2, 0.25) is 0 Å². The number of nitrogens with zero attached hydrogens (tertiary/aromatic N) is 5. The lowest BCUT2D eigenvalue weighted by atomic mass is 9.98. The van der Waals surface area contributed by atoms with Gasteiger partial charge in [0.25, 0.3) is 11.1 Å². The van der Waals surface area contributed by atoms with Crippen molar-refractivity contribution in [1.29, 1.82) is 0 Å². The van der Waals surface area contributed by atoms with E-state index in [0.29, 0.717) is 30.3 Å². The third kappa shape index (κ3) is 2.09. The maximum Gasteiger partial charge on any atom is 0.280 e. The van der Waals surface area contributed by atoms with Crippen molar-refractivity contribution in [1.82, 2.24) is 19.9 Å². The fourth-order valence-corrected chi connectivity index (χ4v) is 3.96. The normalized spacial score (nSPS) is 22.5. The zero-order chi connectivity index (χ0) is 18.9. The number of hydrogen-bond acceptors (Lipinski definition) is 10. The van der Waals surface area contributed by atoms with E-state index < -0.39 is 5.56 Å². The molecule has 2 unspecified atom stereocenters. The fraction of sp³-hybridized carbons (Fsp3) is 0.333.